The molecule has 2 heteroatoms. The minimum atomic E-state index is -0.109. The second-order valence-corrected chi connectivity index (χ2v) is 16.6. The van der Waals surface area contributed by atoms with Gasteiger partial charge in [0, 0.05) is 39.6 Å². The molecule has 0 saturated carbocycles. The fraction of sp³-hybridized carbons (Fsp3) is 0.111. The predicted molar refractivity (Wildman–Crippen MR) is 234 cm³/mol. The van der Waals surface area contributed by atoms with Gasteiger partial charge in [-0.25, -0.2) is 4.98 Å². The molecule has 0 aliphatic heterocycles. The summed E-state index contributed by atoms with van der Waals surface area (Å²) >= 11 is 0. The number of hydrogen-bond donors (Lipinski definition) is 0. The van der Waals surface area contributed by atoms with Crippen LogP contribution in [0.15, 0.2) is 170 Å². The van der Waals surface area contributed by atoms with E-state index in [1.807, 2.05) is 12.4 Å². The van der Waals surface area contributed by atoms with Crippen LogP contribution in [0.5, 0.6) is 0 Å². The highest BCUT2D eigenvalue weighted by atomic mass is 14.7. The van der Waals surface area contributed by atoms with Crippen molar-refractivity contribution < 1.29 is 0 Å². The van der Waals surface area contributed by atoms with Crippen molar-refractivity contribution in [2.45, 2.75) is 38.5 Å². The number of benzene rings is 7. The van der Waals surface area contributed by atoms with Gasteiger partial charge in [-0.05, 0) is 120 Å². The van der Waals surface area contributed by atoms with Gasteiger partial charge in [0.2, 0.25) is 0 Å². The minimum Gasteiger partial charge on any atom is -0.265 e. The molecular formula is C54H40N2. The average molecular weight is 717 g/mol. The molecule has 0 unspecified atom stereocenters. The van der Waals surface area contributed by atoms with Crippen molar-refractivity contribution in [2.24, 2.45) is 0 Å². The highest BCUT2D eigenvalue weighted by molar-refractivity contribution is 6.16. The third kappa shape index (κ3) is 4.75. The number of hydrogen-bond acceptors (Lipinski definition) is 2. The van der Waals surface area contributed by atoms with Crippen LogP contribution in [0.4, 0.5) is 0 Å². The van der Waals surface area contributed by atoms with Crippen molar-refractivity contribution in [1.82, 2.24) is 9.97 Å². The minimum absolute atomic E-state index is 0.100. The zero-order valence-corrected chi connectivity index (χ0v) is 32.1. The first-order valence-corrected chi connectivity index (χ1v) is 19.6. The summed E-state index contributed by atoms with van der Waals surface area (Å²) < 4.78 is 0. The first-order chi connectivity index (χ1) is 27.3. The molecule has 2 aliphatic rings. The molecule has 56 heavy (non-hydrogen) atoms. The molecule has 2 heterocycles. The van der Waals surface area contributed by atoms with Crippen molar-refractivity contribution in [3.8, 4) is 66.9 Å². The molecule has 266 valence electrons. The third-order valence-corrected chi connectivity index (χ3v) is 12.8. The van der Waals surface area contributed by atoms with Crippen LogP contribution < -0.4 is 0 Å². The second kappa shape index (κ2) is 11.9. The van der Waals surface area contributed by atoms with Crippen LogP contribution in [0.2, 0.25) is 0 Å². The number of nitrogens with zero attached hydrogens (tertiary/aromatic N) is 2. The summed E-state index contributed by atoms with van der Waals surface area (Å²) in [6.45, 7) is 9.43. The van der Waals surface area contributed by atoms with Crippen LogP contribution in [-0.2, 0) is 10.8 Å². The fourth-order valence-electron chi connectivity index (χ4n) is 9.80. The summed E-state index contributed by atoms with van der Waals surface area (Å²) in [6.07, 6.45) is 3.70. The van der Waals surface area contributed by atoms with E-state index in [1.54, 1.807) is 0 Å². The summed E-state index contributed by atoms with van der Waals surface area (Å²) in [5.41, 5.74) is 20.9. The third-order valence-electron chi connectivity index (χ3n) is 12.8. The maximum atomic E-state index is 5.60. The van der Waals surface area contributed by atoms with Crippen LogP contribution in [0.1, 0.15) is 49.9 Å². The summed E-state index contributed by atoms with van der Waals surface area (Å²) in [5.74, 6) is 0. The highest BCUT2D eigenvalue weighted by Crippen LogP contribution is 2.52. The number of fused-ring (bicyclic) bond motifs is 9. The average Bonchev–Trinajstić information content (AvgIpc) is 3.62. The van der Waals surface area contributed by atoms with Gasteiger partial charge in [-0.15, -0.1) is 0 Å². The van der Waals surface area contributed by atoms with E-state index < -0.39 is 0 Å². The lowest BCUT2D eigenvalue weighted by molar-refractivity contribution is 0.660. The lowest BCUT2D eigenvalue weighted by Crippen LogP contribution is -2.15. The Morgan fingerprint density at radius 1 is 0.339 bits per heavy atom. The summed E-state index contributed by atoms with van der Waals surface area (Å²) in [4.78, 5) is 9.82. The second-order valence-electron chi connectivity index (χ2n) is 16.6. The number of rotatable bonds is 4. The lowest BCUT2D eigenvalue weighted by atomic mass is 9.81. The molecule has 0 amide bonds. The Labute approximate surface area is 328 Å². The van der Waals surface area contributed by atoms with Gasteiger partial charge in [-0.1, -0.05) is 149 Å². The first-order valence-electron chi connectivity index (χ1n) is 19.6. The van der Waals surface area contributed by atoms with E-state index in [0.29, 0.717) is 0 Å². The lowest BCUT2D eigenvalue weighted by Gasteiger charge is -2.23. The smallest absolute Gasteiger partial charge is 0.0794 e. The highest BCUT2D eigenvalue weighted by Gasteiger charge is 2.37. The molecule has 2 aliphatic carbocycles. The van der Waals surface area contributed by atoms with Crippen LogP contribution >= 0.6 is 0 Å². The van der Waals surface area contributed by atoms with E-state index >= 15 is 0 Å². The Hall–Kier alpha value is -6.64. The first kappa shape index (κ1) is 32.8. The zero-order valence-electron chi connectivity index (χ0n) is 32.1. The van der Waals surface area contributed by atoms with Crippen LogP contribution in [0.3, 0.4) is 0 Å². The van der Waals surface area contributed by atoms with Crippen LogP contribution in [0, 0.1) is 0 Å². The van der Waals surface area contributed by atoms with Gasteiger partial charge in [-0.2, -0.15) is 0 Å². The van der Waals surface area contributed by atoms with E-state index in [4.69, 9.17) is 4.98 Å². The van der Waals surface area contributed by atoms with Gasteiger partial charge < -0.3 is 0 Å². The van der Waals surface area contributed by atoms with Gasteiger partial charge in [-0.3, -0.25) is 4.98 Å². The molecule has 0 bridgehead atoms. The maximum Gasteiger partial charge on any atom is 0.0794 e. The molecule has 0 fully saturated rings. The van der Waals surface area contributed by atoms with Gasteiger partial charge >= 0.3 is 0 Å². The Balaban J connectivity index is 1.16. The van der Waals surface area contributed by atoms with Gasteiger partial charge in [0.25, 0.3) is 0 Å². The van der Waals surface area contributed by atoms with Gasteiger partial charge in [0.15, 0.2) is 0 Å². The van der Waals surface area contributed by atoms with Crippen LogP contribution in [-0.4, -0.2) is 9.97 Å². The van der Waals surface area contributed by atoms with E-state index in [-0.39, 0.29) is 10.8 Å². The van der Waals surface area contributed by atoms with Crippen LogP contribution in [0.25, 0.3) is 88.6 Å². The van der Waals surface area contributed by atoms with E-state index in [1.165, 1.54) is 77.7 Å². The Kier molecular flexibility index (Phi) is 6.98. The quantitative estimate of drug-likeness (QED) is 0.170. The molecule has 2 nitrogen and oxygen atoms in total. The Morgan fingerprint density at radius 3 is 1.48 bits per heavy atom. The topological polar surface area (TPSA) is 25.8 Å². The van der Waals surface area contributed by atoms with E-state index in [9.17, 15) is 0 Å². The molecular weight excluding hydrogens is 677 g/mol. The summed E-state index contributed by atoms with van der Waals surface area (Å²) in [7, 11) is 0. The van der Waals surface area contributed by atoms with Gasteiger partial charge in [0.1, 0.15) is 0 Å². The molecule has 0 saturated heterocycles. The van der Waals surface area contributed by atoms with Crippen molar-refractivity contribution in [3.05, 3.63) is 192 Å². The van der Waals surface area contributed by atoms with E-state index in [2.05, 4.69) is 190 Å². The fourth-order valence-corrected chi connectivity index (χ4v) is 9.80. The molecule has 2 aromatic heterocycles. The summed E-state index contributed by atoms with van der Waals surface area (Å²) in [5, 5.41) is 3.51. The van der Waals surface area contributed by atoms with Crippen molar-refractivity contribution in [2.75, 3.05) is 0 Å². The molecule has 0 N–H and O–H groups in total. The maximum absolute atomic E-state index is 5.60. The SMILES string of the molecule is CC1(C)c2ccccc2-c2ccc(-c3cc(-c4ccc5c(c4)C(C)(C)c4ccccc4-5)c4cc(-c5ccc(-c6ccncc6)cc5)c5ccccc5c4n3)cc21. The Morgan fingerprint density at radius 2 is 0.821 bits per heavy atom. The number of pyridine rings is 2. The van der Waals surface area contributed by atoms with Crippen molar-refractivity contribution >= 4 is 21.7 Å². The van der Waals surface area contributed by atoms with Crippen molar-refractivity contribution in [1.29, 1.82) is 0 Å². The van der Waals surface area contributed by atoms with E-state index in [0.717, 1.165) is 33.1 Å². The largest absolute Gasteiger partial charge is 0.265 e. The summed E-state index contributed by atoms with van der Waals surface area (Å²) in [6, 6.07) is 58.5. The predicted octanol–water partition coefficient (Wildman–Crippen LogP) is 14.1. The molecule has 0 spiro atoms. The molecule has 0 radical (unpaired) electrons. The van der Waals surface area contributed by atoms with Crippen molar-refractivity contribution in [3.63, 3.8) is 0 Å². The van der Waals surface area contributed by atoms with Gasteiger partial charge in [0.05, 0.1) is 11.2 Å². The number of aromatic nitrogens is 2. The molecule has 7 aromatic carbocycles. The molecule has 9 aromatic rings. The monoisotopic (exact) mass is 716 g/mol. The zero-order chi connectivity index (χ0) is 37.8. The normalized spacial score (nSPS) is 14.4. The molecule has 11 rings (SSSR count). The molecule has 0 atom stereocenters. The Bertz CT molecular complexity index is 3060. The standard InChI is InChI=1S/C54H40N2/c1-53(2)47-15-9-7-12-39(47)41-23-21-36(29-49(41)53)45-32-51(37-22-24-42-40-13-8-10-16-48(40)54(3,4)50(42)30-37)56-52-43-14-6-5-11-38(43)44(31-46(45)52)35-19-17-33(18-20-35)34-25-27-55-28-26-34/h5-32H,1-4H3.